The van der Waals surface area contributed by atoms with E-state index in [1.807, 2.05) is 28.8 Å². The Bertz CT molecular complexity index is 1120. The first-order chi connectivity index (χ1) is 13.4. The molecule has 28 heavy (non-hydrogen) atoms. The van der Waals surface area contributed by atoms with Gasteiger partial charge in [0.05, 0.1) is 10.9 Å². The van der Waals surface area contributed by atoms with Gasteiger partial charge >= 0.3 is 0 Å². The number of amides is 1. The summed E-state index contributed by atoms with van der Waals surface area (Å²) in [5, 5.41) is 8.49. The zero-order valence-electron chi connectivity index (χ0n) is 15.7. The van der Waals surface area contributed by atoms with Gasteiger partial charge in [-0.25, -0.2) is 12.7 Å². The van der Waals surface area contributed by atoms with Gasteiger partial charge in [0.25, 0.3) is 5.91 Å². The molecule has 2 aromatic heterocycles. The molecule has 1 fully saturated rings. The summed E-state index contributed by atoms with van der Waals surface area (Å²) in [4.78, 5) is 15.0. The van der Waals surface area contributed by atoms with Crippen molar-refractivity contribution >= 4 is 21.6 Å². The standard InChI is InChI=1S/C19H21N5O3S/c1-22(2)28(26,27)15-10-8-14(9-11-15)19(25)23-13-5-6-16(23)18-21-20-17-7-3-4-12-24(17)18/h3-4,7-12,16H,5-6,13H2,1-2H3/t16-/m0/s1. The zero-order chi connectivity index (χ0) is 19.9. The van der Waals surface area contributed by atoms with Crippen molar-refractivity contribution in [3.63, 3.8) is 0 Å². The lowest BCUT2D eigenvalue weighted by atomic mass is 10.1. The van der Waals surface area contributed by atoms with Gasteiger partial charge in [0.15, 0.2) is 11.5 Å². The lowest BCUT2D eigenvalue weighted by Crippen LogP contribution is -2.31. The highest BCUT2D eigenvalue weighted by atomic mass is 32.2. The molecule has 146 valence electrons. The Morgan fingerprint density at radius 1 is 1.11 bits per heavy atom. The molecule has 0 aliphatic carbocycles. The molecule has 4 rings (SSSR count). The summed E-state index contributed by atoms with van der Waals surface area (Å²) in [5.41, 5.74) is 1.20. The van der Waals surface area contributed by atoms with Gasteiger partial charge in [-0.15, -0.1) is 10.2 Å². The molecule has 0 N–H and O–H groups in total. The van der Waals surface area contributed by atoms with Crippen molar-refractivity contribution in [2.75, 3.05) is 20.6 Å². The summed E-state index contributed by atoms with van der Waals surface area (Å²) in [6, 6.07) is 11.6. The Morgan fingerprint density at radius 2 is 1.86 bits per heavy atom. The number of likely N-dealkylation sites (tertiary alicyclic amines) is 1. The van der Waals surface area contributed by atoms with E-state index in [1.165, 1.54) is 26.2 Å². The van der Waals surface area contributed by atoms with Crippen molar-refractivity contribution in [1.82, 2.24) is 23.8 Å². The van der Waals surface area contributed by atoms with Gasteiger partial charge in [0, 0.05) is 32.4 Å². The highest BCUT2D eigenvalue weighted by molar-refractivity contribution is 7.89. The van der Waals surface area contributed by atoms with E-state index in [2.05, 4.69) is 10.2 Å². The summed E-state index contributed by atoms with van der Waals surface area (Å²) in [5.74, 6) is 0.609. The van der Waals surface area contributed by atoms with Crippen LogP contribution in [0.2, 0.25) is 0 Å². The quantitative estimate of drug-likeness (QED) is 0.669. The molecular weight excluding hydrogens is 378 g/mol. The third-order valence-electron chi connectivity index (χ3n) is 5.03. The lowest BCUT2D eigenvalue weighted by molar-refractivity contribution is 0.0729. The Kier molecular flexibility index (Phi) is 4.64. The summed E-state index contributed by atoms with van der Waals surface area (Å²) >= 11 is 0. The molecule has 0 spiro atoms. The molecule has 0 radical (unpaired) electrons. The highest BCUT2D eigenvalue weighted by Crippen LogP contribution is 2.32. The molecule has 1 saturated heterocycles. The molecular formula is C19H21N5O3S. The van der Waals surface area contributed by atoms with Crippen molar-refractivity contribution in [1.29, 1.82) is 0 Å². The Hall–Kier alpha value is -2.78. The number of hydrogen-bond donors (Lipinski definition) is 0. The van der Waals surface area contributed by atoms with E-state index in [0.29, 0.717) is 12.1 Å². The Morgan fingerprint density at radius 3 is 2.57 bits per heavy atom. The van der Waals surface area contributed by atoms with Crippen LogP contribution in [0, 0.1) is 0 Å². The molecule has 1 aliphatic heterocycles. The molecule has 0 bridgehead atoms. The Balaban J connectivity index is 1.62. The third-order valence-corrected chi connectivity index (χ3v) is 6.86. The topological polar surface area (TPSA) is 87.9 Å². The van der Waals surface area contributed by atoms with Crippen molar-refractivity contribution in [2.45, 2.75) is 23.8 Å². The van der Waals surface area contributed by atoms with E-state index in [-0.39, 0.29) is 16.8 Å². The Labute approximate surface area is 163 Å². The van der Waals surface area contributed by atoms with Crippen LogP contribution in [-0.2, 0) is 10.0 Å². The second-order valence-electron chi connectivity index (χ2n) is 6.96. The number of benzene rings is 1. The summed E-state index contributed by atoms with van der Waals surface area (Å²) < 4.78 is 27.5. The predicted octanol–water partition coefficient (Wildman–Crippen LogP) is 1.96. The number of carbonyl (C=O) groups is 1. The van der Waals surface area contributed by atoms with Crippen molar-refractivity contribution in [3.8, 4) is 0 Å². The number of hydrogen-bond acceptors (Lipinski definition) is 5. The number of rotatable bonds is 4. The maximum atomic E-state index is 13.1. The zero-order valence-corrected chi connectivity index (χ0v) is 16.5. The molecule has 0 saturated carbocycles. The summed E-state index contributed by atoms with van der Waals surface area (Å²) in [6.07, 6.45) is 3.59. The summed E-state index contributed by atoms with van der Waals surface area (Å²) in [6.45, 7) is 0.628. The minimum absolute atomic E-state index is 0.135. The number of fused-ring (bicyclic) bond motifs is 1. The van der Waals surface area contributed by atoms with Crippen molar-refractivity contribution in [2.24, 2.45) is 0 Å². The molecule has 1 amide bonds. The number of aromatic nitrogens is 3. The van der Waals surface area contributed by atoms with E-state index in [1.54, 1.807) is 17.0 Å². The van der Waals surface area contributed by atoms with Crippen LogP contribution in [-0.4, -0.2) is 58.8 Å². The molecule has 1 aliphatic rings. The van der Waals surface area contributed by atoms with Crippen LogP contribution in [0.1, 0.15) is 35.1 Å². The SMILES string of the molecule is CN(C)S(=O)(=O)c1ccc(C(=O)N2CCC[C@H]2c2nnc3ccccn23)cc1. The molecule has 8 nitrogen and oxygen atoms in total. The van der Waals surface area contributed by atoms with Crippen LogP contribution in [0.4, 0.5) is 0 Å². The first-order valence-electron chi connectivity index (χ1n) is 9.03. The van der Waals surface area contributed by atoms with Gasteiger partial charge in [-0.2, -0.15) is 0 Å². The van der Waals surface area contributed by atoms with Gasteiger partial charge in [0.1, 0.15) is 0 Å². The summed E-state index contributed by atoms with van der Waals surface area (Å²) in [7, 11) is -0.566. The van der Waals surface area contributed by atoms with E-state index < -0.39 is 10.0 Å². The molecule has 1 aromatic carbocycles. The minimum atomic E-state index is -3.52. The fourth-order valence-corrected chi connectivity index (χ4v) is 4.41. The number of pyridine rings is 1. The maximum Gasteiger partial charge on any atom is 0.254 e. The first-order valence-corrected chi connectivity index (χ1v) is 10.5. The monoisotopic (exact) mass is 399 g/mol. The van der Waals surface area contributed by atoms with Crippen LogP contribution < -0.4 is 0 Å². The van der Waals surface area contributed by atoms with Crippen LogP contribution in [0.5, 0.6) is 0 Å². The van der Waals surface area contributed by atoms with E-state index in [9.17, 15) is 13.2 Å². The molecule has 3 heterocycles. The number of nitrogens with zero attached hydrogens (tertiary/aromatic N) is 5. The van der Waals surface area contributed by atoms with Crippen LogP contribution in [0.3, 0.4) is 0 Å². The van der Waals surface area contributed by atoms with Gasteiger partial charge in [0.2, 0.25) is 10.0 Å². The average Bonchev–Trinajstić information content (AvgIpc) is 3.34. The maximum absolute atomic E-state index is 13.1. The second-order valence-corrected chi connectivity index (χ2v) is 9.11. The molecule has 9 heteroatoms. The van der Waals surface area contributed by atoms with E-state index in [4.69, 9.17) is 0 Å². The van der Waals surface area contributed by atoms with Crippen molar-refractivity contribution in [3.05, 3.63) is 60.0 Å². The van der Waals surface area contributed by atoms with Gasteiger partial charge < -0.3 is 4.90 Å². The van der Waals surface area contributed by atoms with Gasteiger partial charge in [-0.05, 0) is 49.2 Å². The fourth-order valence-electron chi connectivity index (χ4n) is 3.51. The fraction of sp³-hybridized carbons (Fsp3) is 0.316. The van der Waals surface area contributed by atoms with Crippen molar-refractivity contribution < 1.29 is 13.2 Å². The largest absolute Gasteiger partial charge is 0.328 e. The normalized spacial score (nSPS) is 17.5. The van der Waals surface area contributed by atoms with Crippen LogP contribution in [0.25, 0.3) is 5.65 Å². The molecule has 3 aromatic rings. The van der Waals surface area contributed by atoms with Crippen LogP contribution >= 0.6 is 0 Å². The van der Waals surface area contributed by atoms with Gasteiger partial charge in [-0.1, -0.05) is 6.07 Å². The third kappa shape index (κ3) is 3.06. The minimum Gasteiger partial charge on any atom is -0.328 e. The predicted molar refractivity (Wildman–Crippen MR) is 103 cm³/mol. The molecule has 0 unspecified atom stereocenters. The average molecular weight is 399 g/mol. The van der Waals surface area contributed by atoms with E-state index >= 15 is 0 Å². The highest BCUT2D eigenvalue weighted by Gasteiger charge is 2.33. The van der Waals surface area contributed by atoms with Gasteiger partial charge in [-0.3, -0.25) is 9.20 Å². The van der Waals surface area contributed by atoms with Crippen LogP contribution in [0.15, 0.2) is 53.6 Å². The second kappa shape index (κ2) is 6.99. The number of sulfonamides is 1. The molecule has 1 atom stereocenters. The van der Waals surface area contributed by atoms with E-state index in [0.717, 1.165) is 28.6 Å². The lowest BCUT2D eigenvalue weighted by Gasteiger charge is -2.23. The number of carbonyl (C=O) groups excluding carboxylic acids is 1. The smallest absolute Gasteiger partial charge is 0.254 e. The first kappa shape index (κ1) is 18.6.